The lowest BCUT2D eigenvalue weighted by atomic mass is 10.1. The molecule has 0 aliphatic heterocycles. The summed E-state index contributed by atoms with van der Waals surface area (Å²) in [5, 5.41) is 7.02. The molecule has 2 aromatic rings. The van der Waals surface area contributed by atoms with Crippen molar-refractivity contribution in [2.75, 3.05) is 13.6 Å². The molecule has 2 rings (SSSR count). The first-order valence-corrected chi connectivity index (χ1v) is 8.22. The molecule has 26 heavy (non-hydrogen) atoms. The Labute approximate surface area is 171 Å². The molecule has 0 fully saturated rings. The van der Waals surface area contributed by atoms with Crippen LogP contribution in [0.2, 0.25) is 0 Å². The van der Waals surface area contributed by atoms with Crippen LogP contribution in [0, 0.1) is 18.8 Å². The van der Waals surface area contributed by atoms with Crippen LogP contribution in [-0.2, 0) is 12.7 Å². The third kappa shape index (κ3) is 7.21. The zero-order valence-electron chi connectivity index (χ0n) is 14.1. The molecule has 0 saturated heterocycles. The minimum atomic E-state index is -4.36. The Morgan fingerprint density at radius 3 is 2.69 bits per heavy atom. The highest BCUT2D eigenvalue weighted by Gasteiger charge is 2.30. The van der Waals surface area contributed by atoms with E-state index in [1.807, 2.05) is 6.92 Å². The first kappa shape index (κ1) is 22.2. The Balaban J connectivity index is 0.00000338. The number of aliphatic imine (C=N–C) groups is 1. The number of nitrogens with one attached hydrogen (secondary N) is 2. The second kappa shape index (κ2) is 10.4. The van der Waals surface area contributed by atoms with E-state index in [0.29, 0.717) is 18.1 Å². The highest BCUT2D eigenvalue weighted by molar-refractivity contribution is 14.0. The lowest BCUT2D eigenvalue weighted by Gasteiger charge is -2.08. The van der Waals surface area contributed by atoms with Crippen molar-refractivity contribution in [2.45, 2.75) is 19.6 Å². The van der Waals surface area contributed by atoms with E-state index in [9.17, 15) is 13.2 Å². The van der Waals surface area contributed by atoms with Gasteiger partial charge in [0.05, 0.1) is 18.7 Å². The number of alkyl halides is 3. The second-order valence-corrected chi connectivity index (χ2v) is 6.34. The van der Waals surface area contributed by atoms with Crippen molar-refractivity contribution in [1.29, 1.82) is 0 Å². The number of aryl methyl sites for hydroxylation is 1. The van der Waals surface area contributed by atoms with Crippen molar-refractivity contribution in [1.82, 2.24) is 15.6 Å². The van der Waals surface area contributed by atoms with Crippen LogP contribution in [0.4, 0.5) is 13.2 Å². The van der Waals surface area contributed by atoms with E-state index in [0.717, 1.165) is 22.0 Å². The molecule has 1 heterocycles. The number of hydrogen-bond donors (Lipinski definition) is 2. The predicted octanol–water partition coefficient (Wildman–Crippen LogP) is 3.81. The zero-order chi connectivity index (χ0) is 18.3. The standard InChI is InChI=1S/C17H17F3N4S.HI/c1-12-10-23-15(25-12)11-24-16(21-2)22-8-4-6-13-5-3-7-14(9-13)17(18,19)20;/h3,5,7,9-10H,8,11H2,1-2H3,(H2,21,22,24);1H. The van der Waals surface area contributed by atoms with Gasteiger partial charge in [0.15, 0.2) is 5.96 Å². The smallest absolute Gasteiger partial charge is 0.350 e. The van der Waals surface area contributed by atoms with Crippen LogP contribution < -0.4 is 10.6 Å². The van der Waals surface area contributed by atoms with Gasteiger partial charge < -0.3 is 10.6 Å². The number of rotatable bonds is 3. The van der Waals surface area contributed by atoms with E-state index in [2.05, 4.69) is 32.5 Å². The number of aromatic nitrogens is 1. The van der Waals surface area contributed by atoms with Gasteiger partial charge in [-0.3, -0.25) is 4.99 Å². The van der Waals surface area contributed by atoms with Gasteiger partial charge in [-0.25, -0.2) is 4.98 Å². The molecule has 0 unspecified atom stereocenters. The van der Waals surface area contributed by atoms with Gasteiger partial charge in [0.2, 0.25) is 0 Å². The molecule has 0 bridgehead atoms. The fourth-order valence-corrected chi connectivity index (χ4v) is 2.64. The number of halogens is 4. The number of thiazole rings is 1. The molecule has 0 saturated carbocycles. The summed E-state index contributed by atoms with van der Waals surface area (Å²) in [7, 11) is 1.63. The Morgan fingerprint density at radius 2 is 2.08 bits per heavy atom. The average Bonchev–Trinajstić information content (AvgIpc) is 2.99. The number of guanidine groups is 1. The summed E-state index contributed by atoms with van der Waals surface area (Å²) < 4.78 is 37.9. The Hall–Kier alpha value is -1.80. The Kier molecular flexibility index (Phi) is 8.87. The maximum atomic E-state index is 12.6. The number of hydrogen-bond acceptors (Lipinski definition) is 3. The first-order valence-electron chi connectivity index (χ1n) is 7.40. The highest BCUT2D eigenvalue weighted by Crippen LogP contribution is 2.29. The quantitative estimate of drug-likeness (QED) is 0.296. The lowest BCUT2D eigenvalue weighted by molar-refractivity contribution is -0.137. The number of benzene rings is 1. The Bertz CT molecular complexity index is 806. The molecule has 4 nitrogen and oxygen atoms in total. The van der Waals surface area contributed by atoms with Crippen LogP contribution in [0.15, 0.2) is 35.5 Å². The minimum Gasteiger partial charge on any atom is -0.350 e. The second-order valence-electron chi connectivity index (χ2n) is 5.02. The summed E-state index contributed by atoms with van der Waals surface area (Å²) in [4.78, 5) is 9.43. The first-order chi connectivity index (χ1) is 11.9. The fraction of sp³-hybridized carbons (Fsp3) is 0.294. The van der Waals surface area contributed by atoms with Crippen molar-refractivity contribution in [3.8, 4) is 11.8 Å². The Morgan fingerprint density at radius 1 is 1.31 bits per heavy atom. The van der Waals surface area contributed by atoms with Crippen LogP contribution in [0.3, 0.4) is 0 Å². The largest absolute Gasteiger partial charge is 0.416 e. The van der Waals surface area contributed by atoms with E-state index in [-0.39, 0.29) is 30.5 Å². The highest BCUT2D eigenvalue weighted by atomic mass is 127. The van der Waals surface area contributed by atoms with Crippen molar-refractivity contribution < 1.29 is 13.2 Å². The SMILES string of the molecule is CN=C(NCC#Cc1cccc(C(F)(F)F)c1)NCc1ncc(C)s1.I. The molecule has 2 N–H and O–H groups in total. The van der Waals surface area contributed by atoms with Gasteiger partial charge in [0.25, 0.3) is 0 Å². The summed E-state index contributed by atoms with van der Waals surface area (Å²) in [5.41, 5.74) is -0.388. The van der Waals surface area contributed by atoms with Crippen LogP contribution in [0.5, 0.6) is 0 Å². The zero-order valence-corrected chi connectivity index (χ0v) is 17.3. The minimum absolute atomic E-state index is 0. The van der Waals surface area contributed by atoms with Crippen molar-refractivity contribution in [3.05, 3.63) is 51.5 Å². The van der Waals surface area contributed by atoms with Gasteiger partial charge in [0, 0.05) is 23.7 Å². The average molecular weight is 494 g/mol. The van der Waals surface area contributed by atoms with Gasteiger partial charge in [-0.1, -0.05) is 17.9 Å². The van der Waals surface area contributed by atoms with Crippen molar-refractivity contribution >= 4 is 41.3 Å². The molecule has 0 radical (unpaired) electrons. The van der Waals surface area contributed by atoms with E-state index in [1.54, 1.807) is 30.6 Å². The molecule has 1 aromatic heterocycles. The molecule has 140 valence electrons. The summed E-state index contributed by atoms with van der Waals surface area (Å²) in [6.07, 6.45) is -2.56. The summed E-state index contributed by atoms with van der Waals surface area (Å²) in [5.74, 6) is 6.04. The lowest BCUT2D eigenvalue weighted by Crippen LogP contribution is -2.36. The van der Waals surface area contributed by atoms with Gasteiger partial charge in [-0.05, 0) is 25.1 Å². The van der Waals surface area contributed by atoms with E-state index in [1.165, 1.54) is 6.07 Å². The van der Waals surface area contributed by atoms with Gasteiger partial charge in [-0.15, -0.1) is 35.3 Å². The van der Waals surface area contributed by atoms with Crippen molar-refractivity contribution in [3.63, 3.8) is 0 Å². The normalized spacial score (nSPS) is 11.2. The van der Waals surface area contributed by atoms with Crippen LogP contribution >= 0.6 is 35.3 Å². The molecular weight excluding hydrogens is 476 g/mol. The van der Waals surface area contributed by atoms with E-state index >= 15 is 0 Å². The third-order valence-corrected chi connectivity index (χ3v) is 3.98. The van der Waals surface area contributed by atoms with Crippen LogP contribution in [-0.4, -0.2) is 24.5 Å². The van der Waals surface area contributed by atoms with Gasteiger partial charge in [0.1, 0.15) is 5.01 Å². The molecule has 0 spiro atoms. The molecule has 9 heteroatoms. The monoisotopic (exact) mass is 494 g/mol. The molecule has 1 aromatic carbocycles. The maximum absolute atomic E-state index is 12.6. The van der Waals surface area contributed by atoms with Crippen LogP contribution in [0.1, 0.15) is 21.0 Å². The topological polar surface area (TPSA) is 49.3 Å². The molecule has 0 aliphatic carbocycles. The van der Waals surface area contributed by atoms with Crippen LogP contribution in [0.25, 0.3) is 0 Å². The summed E-state index contributed by atoms with van der Waals surface area (Å²) in [6.45, 7) is 2.78. The summed E-state index contributed by atoms with van der Waals surface area (Å²) >= 11 is 1.59. The molecular formula is C17H18F3IN4S. The number of nitrogens with zero attached hydrogens (tertiary/aromatic N) is 2. The third-order valence-electron chi connectivity index (χ3n) is 3.07. The van der Waals surface area contributed by atoms with Gasteiger partial charge >= 0.3 is 6.18 Å². The molecule has 0 atom stereocenters. The fourth-order valence-electron chi connectivity index (χ4n) is 1.91. The van der Waals surface area contributed by atoms with Crippen molar-refractivity contribution in [2.24, 2.45) is 4.99 Å². The predicted molar refractivity (Wildman–Crippen MR) is 109 cm³/mol. The molecule has 0 amide bonds. The maximum Gasteiger partial charge on any atom is 0.416 e. The van der Waals surface area contributed by atoms with E-state index in [4.69, 9.17) is 0 Å². The summed E-state index contributed by atoms with van der Waals surface area (Å²) in [6, 6.07) is 4.94. The van der Waals surface area contributed by atoms with E-state index < -0.39 is 11.7 Å². The van der Waals surface area contributed by atoms with Gasteiger partial charge in [-0.2, -0.15) is 13.2 Å². The molecule has 0 aliphatic rings.